The van der Waals surface area contributed by atoms with Gasteiger partial charge in [0.25, 0.3) is 5.91 Å². The van der Waals surface area contributed by atoms with Gasteiger partial charge in [-0.05, 0) is 12.6 Å². The summed E-state index contributed by atoms with van der Waals surface area (Å²) in [4.78, 5) is 14.3. The molecule has 1 atom stereocenters. The van der Waals surface area contributed by atoms with Crippen LogP contribution < -0.4 is 5.32 Å². The van der Waals surface area contributed by atoms with E-state index in [0.717, 1.165) is 19.6 Å². The fourth-order valence-corrected chi connectivity index (χ4v) is 2.33. The van der Waals surface area contributed by atoms with Gasteiger partial charge in [-0.25, -0.2) is 0 Å². The Bertz CT molecular complexity index is 487. The topological polar surface area (TPSA) is 67.3 Å². The van der Waals surface area contributed by atoms with Crippen molar-refractivity contribution in [3.63, 3.8) is 0 Å². The van der Waals surface area contributed by atoms with Gasteiger partial charge >= 0.3 is 0 Å². The van der Waals surface area contributed by atoms with E-state index in [9.17, 15) is 4.79 Å². The number of carbonyl (C=O) groups is 1. The third-order valence-corrected chi connectivity index (χ3v) is 3.59. The Morgan fingerprint density at radius 1 is 1.55 bits per heavy atom. The van der Waals surface area contributed by atoms with E-state index in [0.29, 0.717) is 13.2 Å². The second-order valence-corrected chi connectivity index (χ2v) is 5.21. The lowest BCUT2D eigenvalue weighted by Gasteiger charge is -2.32. The van der Waals surface area contributed by atoms with Crippen molar-refractivity contribution in [3.05, 3.63) is 21.9 Å². The first-order chi connectivity index (χ1) is 9.60. The van der Waals surface area contributed by atoms with Crippen LogP contribution in [0.15, 0.2) is 6.07 Å². The van der Waals surface area contributed by atoms with E-state index in [1.54, 1.807) is 0 Å². The summed E-state index contributed by atoms with van der Waals surface area (Å²) in [7, 11) is 0. The van der Waals surface area contributed by atoms with Gasteiger partial charge in [0.05, 0.1) is 18.3 Å². The number of likely N-dealkylation sites (N-methyl/N-ethyl adjacent to an activating group) is 1. The van der Waals surface area contributed by atoms with Gasteiger partial charge in [-0.2, -0.15) is 0 Å². The molecule has 110 valence electrons. The largest absolute Gasteiger partial charge is 0.374 e. The minimum Gasteiger partial charge on any atom is -0.374 e. The zero-order valence-electron chi connectivity index (χ0n) is 11.1. The number of rotatable bonds is 4. The molecule has 2 rings (SSSR count). The number of hydrogen-bond acceptors (Lipinski definition) is 5. The summed E-state index contributed by atoms with van der Waals surface area (Å²) in [6, 6.07) is 1.40. The van der Waals surface area contributed by atoms with Crippen LogP contribution in [-0.2, 0) is 4.74 Å². The molecule has 0 radical (unpaired) electrons. The summed E-state index contributed by atoms with van der Waals surface area (Å²) in [5.74, 6) is -0.330. The van der Waals surface area contributed by atoms with Crippen molar-refractivity contribution < 1.29 is 9.53 Å². The van der Waals surface area contributed by atoms with Crippen LogP contribution in [0.3, 0.4) is 0 Å². The molecule has 20 heavy (non-hydrogen) atoms. The fourth-order valence-electron chi connectivity index (χ4n) is 2.01. The first-order valence-corrected chi connectivity index (χ1v) is 7.16. The van der Waals surface area contributed by atoms with E-state index in [2.05, 4.69) is 27.3 Å². The zero-order chi connectivity index (χ0) is 14.5. The van der Waals surface area contributed by atoms with E-state index in [4.69, 9.17) is 27.9 Å². The average molecular weight is 319 g/mol. The van der Waals surface area contributed by atoms with Gasteiger partial charge in [0, 0.05) is 19.6 Å². The average Bonchev–Trinajstić information content (AvgIpc) is 2.47. The number of hydrogen-bond donors (Lipinski definition) is 1. The maximum absolute atomic E-state index is 12.0. The van der Waals surface area contributed by atoms with E-state index < -0.39 is 0 Å². The zero-order valence-corrected chi connectivity index (χ0v) is 12.6. The van der Waals surface area contributed by atoms with Crippen molar-refractivity contribution in [1.29, 1.82) is 0 Å². The van der Waals surface area contributed by atoms with E-state index in [-0.39, 0.29) is 27.9 Å². The quantitative estimate of drug-likeness (QED) is 0.904. The molecule has 1 fully saturated rings. The SMILES string of the molecule is CCN1CCOC(CNC(=O)c2cc(Cl)nnc2Cl)C1. The van der Waals surface area contributed by atoms with Gasteiger partial charge in [-0.1, -0.05) is 30.1 Å². The monoisotopic (exact) mass is 318 g/mol. The molecule has 0 bridgehead atoms. The highest BCUT2D eigenvalue weighted by atomic mass is 35.5. The predicted molar refractivity (Wildman–Crippen MR) is 76.2 cm³/mol. The maximum Gasteiger partial charge on any atom is 0.254 e. The Morgan fingerprint density at radius 2 is 2.35 bits per heavy atom. The minimum absolute atomic E-state index is 0.0170. The second kappa shape index (κ2) is 7.17. The number of ether oxygens (including phenoxy) is 1. The number of amides is 1. The Labute approximate surface area is 127 Å². The Kier molecular flexibility index (Phi) is 5.54. The van der Waals surface area contributed by atoms with Crippen molar-refractivity contribution in [1.82, 2.24) is 20.4 Å². The molecule has 1 aliphatic rings. The Morgan fingerprint density at radius 3 is 3.10 bits per heavy atom. The lowest BCUT2D eigenvalue weighted by molar-refractivity contribution is -0.0246. The molecule has 0 saturated carbocycles. The summed E-state index contributed by atoms with van der Waals surface area (Å²) < 4.78 is 5.61. The van der Waals surface area contributed by atoms with Crippen LogP contribution in [0.1, 0.15) is 17.3 Å². The molecule has 0 aromatic carbocycles. The van der Waals surface area contributed by atoms with Crippen molar-refractivity contribution in [2.45, 2.75) is 13.0 Å². The van der Waals surface area contributed by atoms with Crippen molar-refractivity contribution >= 4 is 29.1 Å². The standard InChI is InChI=1S/C12H16Cl2N4O2/c1-2-18-3-4-20-8(7-18)6-15-12(19)9-5-10(13)16-17-11(9)14/h5,8H,2-4,6-7H2,1H3,(H,15,19). The second-order valence-electron chi connectivity index (χ2n) is 4.47. The van der Waals surface area contributed by atoms with Crippen LogP contribution >= 0.6 is 23.2 Å². The normalized spacial score (nSPS) is 19.9. The molecule has 6 nitrogen and oxygen atoms in total. The summed E-state index contributed by atoms with van der Waals surface area (Å²) in [5, 5.41) is 10.1. The Hall–Kier alpha value is -0.950. The summed E-state index contributed by atoms with van der Waals surface area (Å²) in [6.07, 6.45) is -0.0170. The van der Waals surface area contributed by atoms with Gasteiger partial charge < -0.3 is 10.1 Å². The third kappa shape index (κ3) is 4.02. The lowest BCUT2D eigenvalue weighted by atomic mass is 10.2. The highest BCUT2D eigenvalue weighted by molar-refractivity contribution is 6.34. The number of morpholine rings is 1. The van der Waals surface area contributed by atoms with E-state index in [1.165, 1.54) is 6.07 Å². The van der Waals surface area contributed by atoms with Gasteiger partial charge in [0.15, 0.2) is 10.3 Å². The summed E-state index contributed by atoms with van der Waals surface area (Å²) >= 11 is 11.5. The first kappa shape index (κ1) is 15.4. The van der Waals surface area contributed by atoms with Crippen LogP contribution in [-0.4, -0.2) is 59.9 Å². The molecule has 8 heteroatoms. The number of nitrogens with zero attached hydrogens (tertiary/aromatic N) is 3. The Balaban J connectivity index is 1.90. The number of nitrogens with one attached hydrogen (secondary N) is 1. The fraction of sp³-hybridized carbons (Fsp3) is 0.583. The van der Waals surface area contributed by atoms with Gasteiger partial charge in [0.2, 0.25) is 0 Å². The number of carbonyl (C=O) groups excluding carboxylic acids is 1. The third-order valence-electron chi connectivity index (χ3n) is 3.12. The highest BCUT2D eigenvalue weighted by Gasteiger charge is 2.21. The van der Waals surface area contributed by atoms with E-state index in [1.807, 2.05) is 0 Å². The van der Waals surface area contributed by atoms with Crippen LogP contribution in [0.4, 0.5) is 0 Å². The molecule has 1 aromatic rings. The van der Waals surface area contributed by atoms with Gasteiger partial charge in [-0.15, -0.1) is 10.2 Å². The minimum atomic E-state index is -0.330. The van der Waals surface area contributed by atoms with E-state index >= 15 is 0 Å². The molecule has 0 spiro atoms. The predicted octanol–water partition coefficient (Wildman–Crippen LogP) is 1.23. The molecular formula is C12H16Cl2N4O2. The highest BCUT2D eigenvalue weighted by Crippen LogP contribution is 2.15. The molecule has 1 aliphatic heterocycles. The van der Waals surface area contributed by atoms with Crippen LogP contribution in [0.25, 0.3) is 0 Å². The van der Waals surface area contributed by atoms with Crippen molar-refractivity contribution in [2.75, 3.05) is 32.8 Å². The maximum atomic E-state index is 12.0. The molecule has 1 N–H and O–H groups in total. The van der Waals surface area contributed by atoms with Crippen LogP contribution in [0.2, 0.25) is 10.3 Å². The molecule has 2 heterocycles. The molecular weight excluding hydrogens is 303 g/mol. The number of aromatic nitrogens is 2. The molecule has 1 aromatic heterocycles. The van der Waals surface area contributed by atoms with Gasteiger partial charge in [0.1, 0.15) is 0 Å². The summed E-state index contributed by atoms with van der Waals surface area (Å²) in [6.45, 7) is 5.91. The van der Waals surface area contributed by atoms with Crippen LogP contribution in [0, 0.1) is 0 Å². The van der Waals surface area contributed by atoms with Gasteiger partial charge in [-0.3, -0.25) is 9.69 Å². The molecule has 1 amide bonds. The molecule has 0 aliphatic carbocycles. The van der Waals surface area contributed by atoms with Crippen molar-refractivity contribution in [3.8, 4) is 0 Å². The lowest BCUT2D eigenvalue weighted by Crippen LogP contribution is -2.47. The summed E-state index contributed by atoms with van der Waals surface area (Å²) in [5.41, 5.74) is 0.217. The molecule has 1 unspecified atom stereocenters. The number of halogens is 2. The smallest absolute Gasteiger partial charge is 0.254 e. The first-order valence-electron chi connectivity index (χ1n) is 6.41. The molecule has 1 saturated heterocycles. The van der Waals surface area contributed by atoms with Crippen LogP contribution in [0.5, 0.6) is 0 Å². The van der Waals surface area contributed by atoms with Crippen molar-refractivity contribution in [2.24, 2.45) is 0 Å².